The number of anilines is 1. The number of hydrogen-bond donors (Lipinski definition) is 1. The van der Waals surface area contributed by atoms with Gasteiger partial charge in [0.05, 0.1) is 28.3 Å². The Balaban J connectivity index is 1.24. The number of fused-ring (bicyclic) bond motifs is 1. The lowest BCUT2D eigenvalue weighted by atomic mass is 9.93. The molecule has 1 aromatic heterocycles. The van der Waals surface area contributed by atoms with Crippen LogP contribution in [0, 0.1) is 5.82 Å². The van der Waals surface area contributed by atoms with Gasteiger partial charge in [0.2, 0.25) is 5.91 Å². The number of nitrogens with zero attached hydrogens (tertiary/aromatic N) is 3. The molecule has 1 atom stereocenters. The average Bonchev–Trinajstić information content (AvgIpc) is 3.21. The molecule has 3 heterocycles. The predicted molar refractivity (Wildman–Crippen MR) is 146 cm³/mol. The van der Waals surface area contributed by atoms with Crippen LogP contribution in [0.1, 0.15) is 28.5 Å². The molecule has 37 heavy (non-hydrogen) atoms. The highest BCUT2D eigenvalue weighted by Gasteiger charge is 2.32. The zero-order chi connectivity index (χ0) is 25.9. The van der Waals surface area contributed by atoms with Crippen LogP contribution in [0.4, 0.5) is 14.9 Å². The van der Waals surface area contributed by atoms with Gasteiger partial charge in [-0.05, 0) is 59.7 Å². The molecule has 6 nitrogen and oxygen atoms in total. The molecule has 0 bridgehead atoms. The van der Waals surface area contributed by atoms with Gasteiger partial charge in [-0.25, -0.2) is 9.18 Å². The lowest BCUT2D eigenvalue weighted by Crippen LogP contribution is -2.45. The second kappa shape index (κ2) is 11.4. The summed E-state index contributed by atoms with van der Waals surface area (Å²) in [5, 5.41) is 5.56. The molecule has 1 N–H and O–H groups in total. The highest BCUT2D eigenvalue weighted by molar-refractivity contribution is 7.10. The average molecular weight is 562 g/mol. The van der Waals surface area contributed by atoms with Crippen LogP contribution in [-0.2, 0) is 11.2 Å². The third-order valence-electron chi connectivity index (χ3n) is 6.90. The first-order valence-electron chi connectivity index (χ1n) is 12.2. The molecule has 3 amide bonds. The summed E-state index contributed by atoms with van der Waals surface area (Å²) >= 11 is 14.0. The second-order valence-electron chi connectivity index (χ2n) is 9.23. The molecule has 194 valence electrons. The minimum atomic E-state index is -0.281. The van der Waals surface area contributed by atoms with Crippen LogP contribution < -0.4 is 5.32 Å². The SMILES string of the molecule is O=C(CN1CCc2sccc2[C@@H]1c1cccc(F)c1)N1CCCN(C(=O)Nc2cccc(Cl)c2Cl)CC1. The van der Waals surface area contributed by atoms with Gasteiger partial charge in [0.15, 0.2) is 0 Å². The Morgan fingerprint density at radius 2 is 1.78 bits per heavy atom. The number of urea groups is 1. The van der Waals surface area contributed by atoms with Gasteiger partial charge in [0.1, 0.15) is 5.82 Å². The minimum absolute atomic E-state index is 0.0141. The van der Waals surface area contributed by atoms with Gasteiger partial charge in [-0.15, -0.1) is 11.3 Å². The topological polar surface area (TPSA) is 55.9 Å². The number of carbonyl (C=O) groups is 2. The minimum Gasteiger partial charge on any atom is -0.340 e. The van der Waals surface area contributed by atoms with E-state index in [2.05, 4.69) is 21.7 Å². The summed E-state index contributed by atoms with van der Waals surface area (Å²) in [6, 6.07) is 13.4. The van der Waals surface area contributed by atoms with Gasteiger partial charge in [-0.2, -0.15) is 0 Å². The maximum Gasteiger partial charge on any atom is 0.321 e. The van der Waals surface area contributed by atoms with Crippen molar-refractivity contribution in [2.45, 2.75) is 18.9 Å². The van der Waals surface area contributed by atoms with Crippen molar-refractivity contribution in [3.63, 3.8) is 0 Å². The molecule has 2 aromatic carbocycles. The largest absolute Gasteiger partial charge is 0.340 e. The summed E-state index contributed by atoms with van der Waals surface area (Å²) < 4.78 is 14.1. The van der Waals surface area contributed by atoms with Crippen molar-refractivity contribution >= 4 is 52.2 Å². The van der Waals surface area contributed by atoms with E-state index in [0.717, 1.165) is 24.1 Å². The summed E-state index contributed by atoms with van der Waals surface area (Å²) in [7, 11) is 0. The van der Waals surface area contributed by atoms with E-state index in [4.69, 9.17) is 23.2 Å². The molecule has 5 rings (SSSR count). The number of halogens is 3. The van der Waals surface area contributed by atoms with Crippen LogP contribution in [0.15, 0.2) is 53.9 Å². The molecule has 2 aliphatic rings. The van der Waals surface area contributed by atoms with Gasteiger partial charge in [-0.1, -0.05) is 41.4 Å². The van der Waals surface area contributed by atoms with E-state index in [0.29, 0.717) is 48.3 Å². The van der Waals surface area contributed by atoms with E-state index < -0.39 is 0 Å². The first-order valence-corrected chi connectivity index (χ1v) is 13.9. The number of nitrogens with one attached hydrogen (secondary N) is 1. The lowest BCUT2D eigenvalue weighted by Gasteiger charge is -2.37. The fraction of sp³-hybridized carbons (Fsp3) is 0.333. The van der Waals surface area contributed by atoms with Crippen LogP contribution in [0.5, 0.6) is 0 Å². The maximum atomic E-state index is 14.1. The number of benzene rings is 2. The highest BCUT2D eigenvalue weighted by Crippen LogP contribution is 2.38. The van der Waals surface area contributed by atoms with E-state index in [-0.39, 0.29) is 30.3 Å². The summed E-state index contributed by atoms with van der Waals surface area (Å²) in [5.74, 6) is -0.267. The Morgan fingerprint density at radius 3 is 2.62 bits per heavy atom. The molecular formula is C27H27Cl2FN4O2S. The summed E-state index contributed by atoms with van der Waals surface area (Å²) in [6.07, 6.45) is 1.54. The second-order valence-corrected chi connectivity index (χ2v) is 11.0. The van der Waals surface area contributed by atoms with Crippen molar-refractivity contribution in [3.05, 3.63) is 85.8 Å². The summed E-state index contributed by atoms with van der Waals surface area (Å²) in [5.41, 5.74) is 2.45. The van der Waals surface area contributed by atoms with Crippen molar-refractivity contribution in [1.29, 1.82) is 0 Å². The van der Waals surface area contributed by atoms with Crippen molar-refractivity contribution < 1.29 is 14.0 Å². The van der Waals surface area contributed by atoms with E-state index in [1.165, 1.54) is 10.9 Å². The molecular weight excluding hydrogens is 534 g/mol. The first-order chi connectivity index (χ1) is 17.9. The Kier molecular flexibility index (Phi) is 8.00. The Bertz CT molecular complexity index is 1300. The zero-order valence-electron chi connectivity index (χ0n) is 20.1. The van der Waals surface area contributed by atoms with Crippen LogP contribution in [0.25, 0.3) is 0 Å². The van der Waals surface area contributed by atoms with Gasteiger partial charge in [0, 0.05) is 37.6 Å². The normalized spacial score (nSPS) is 18.3. The monoisotopic (exact) mass is 560 g/mol. The quantitative estimate of drug-likeness (QED) is 0.431. The van der Waals surface area contributed by atoms with E-state index in [9.17, 15) is 14.0 Å². The molecule has 0 unspecified atom stereocenters. The molecule has 1 fully saturated rings. The Hall–Kier alpha value is -2.65. The molecule has 1 saturated heterocycles. The first kappa shape index (κ1) is 26.0. The van der Waals surface area contributed by atoms with Gasteiger partial charge >= 0.3 is 6.03 Å². The van der Waals surface area contributed by atoms with Gasteiger partial charge in [0.25, 0.3) is 0 Å². The van der Waals surface area contributed by atoms with Crippen molar-refractivity contribution in [1.82, 2.24) is 14.7 Å². The lowest BCUT2D eigenvalue weighted by molar-refractivity contribution is -0.132. The van der Waals surface area contributed by atoms with Gasteiger partial charge < -0.3 is 15.1 Å². The molecule has 0 aliphatic carbocycles. The molecule has 0 radical (unpaired) electrons. The zero-order valence-corrected chi connectivity index (χ0v) is 22.5. The molecule has 0 saturated carbocycles. The Labute approximate surface area is 229 Å². The Morgan fingerprint density at radius 1 is 1.00 bits per heavy atom. The smallest absolute Gasteiger partial charge is 0.321 e. The van der Waals surface area contributed by atoms with Crippen LogP contribution in [0.3, 0.4) is 0 Å². The van der Waals surface area contributed by atoms with Crippen molar-refractivity contribution in [2.24, 2.45) is 0 Å². The summed E-state index contributed by atoms with van der Waals surface area (Å²) in [4.78, 5) is 33.2. The third-order valence-corrected chi connectivity index (χ3v) is 8.71. The number of rotatable bonds is 4. The number of amides is 3. The van der Waals surface area contributed by atoms with E-state index in [1.807, 2.05) is 11.0 Å². The third kappa shape index (κ3) is 5.77. The molecule has 3 aromatic rings. The molecule has 0 spiro atoms. The predicted octanol–water partition coefficient (Wildman–Crippen LogP) is 5.91. The fourth-order valence-corrected chi connectivity index (χ4v) is 6.30. The molecule has 10 heteroatoms. The van der Waals surface area contributed by atoms with Crippen LogP contribution >= 0.6 is 34.5 Å². The number of thiophene rings is 1. The standard InChI is InChI=1S/C27H27Cl2FN4O2S/c28-21-6-2-7-22(25(21)29)31-27(36)33-11-3-10-32(13-14-33)24(35)17-34-12-8-23-20(9-15-37-23)26(34)18-4-1-5-19(30)16-18/h1-2,4-7,9,15-16,26H,3,8,10-14,17H2,(H,31,36)/t26-/m0/s1. The van der Waals surface area contributed by atoms with Crippen molar-refractivity contribution in [2.75, 3.05) is 44.6 Å². The summed E-state index contributed by atoms with van der Waals surface area (Å²) in [6.45, 7) is 2.92. The number of carbonyl (C=O) groups excluding carboxylic acids is 2. The highest BCUT2D eigenvalue weighted by atomic mass is 35.5. The maximum absolute atomic E-state index is 14.1. The number of hydrogen-bond acceptors (Lipinski definition) is 4. The van der Waals surface area contributed by atoms with Crippen LogP contribution in [0.2, 0.25) is 10.0 Å². The van der Waals surface area contributed by atoms with E-state index >= 15 is 0 Å². The van der Waals surface area contributed by atoms with Crippen molar-refractivity contribution in [3.8, 4) is 0 Å². The molecule has 2 aliphatic heterocycles. The fourth-order valence-electron chi connectivity index (χ4n) is 5.04. The van der Waals surface area contributed by atoms with E-state index in [1.54, 1.807) is 46.6 Å². The van der Waals surface area contributed by atoms with Gasteiger partial charge in [-0.3, -0.25) is 9.69 Å². The van der Waals surface area contributed by atoms with Crippen LogP contribution in [-0.4, -0.2) is 65.9 Å².